The van der Waals surface area contributed by atoms with E-state index in [4.69, 9.17) is 39.9 Å². The first-order valence-corrected chi connectivity index (χ1v) is 38.3. The number of hydrogen-bond donors (Lipinski definition) is 0. The number of aromatic nitrogens is 8. The number of benzene rings is 17. The summed E-state index contributed by atoms with van der Waals surface area (Å²) in [5.74, 6) is 3.82. The van der Waals surface area contributed by atoms with E-state index in [-0.39, 0.29) is 0 Å². The van der Waals surface area contributed by atoms with Crippen LogP contribution in [-0.2, 0) is 0 Å². The van der Waals surface area contributed by atoms with Gasteiger partial charge in [-0.3, -0.25) is 0 Å². The number of nitrogens with zero attached hydrogens (tertiary/aromatic N) is 8. The highest BCUT2D eigenvalue weighted by molar-refractivity contribution is 6.17. The molecule has 0 aliphatic heterocycles. The van der Waals surface area contributed by atoms with Crippen LogP contribution in [-0.4, -0.2) is 39.9 Å². The standard InChI is InChI=1S/C56H36N4.C50H32N4/c1-3-11-37(12-4-1)38-25-31-45(32-26-38)55-58-54(44-13-5-2-6-14-44)59-56(60-55)46-33-27-42(28-34-46)40-21-19-39(20-22-40)41-23-29-43(30-24-41)53-51-36-48-16-8-7-15-47(48)35-50(51)49-17-9-10-18-52(49)57-53;1-3-11-33(12-4-1)34-21-23-38(24-22-34)49-52-48(37-14-5-2-6-15-37)53-50(54-49)42-19-10-17-40(32-42)39-16-9-18-41(31-39)46-30-27-36-26-28-44-43-20-8-7-13-35(43)25-29-45(44)47(36)51-46/h1-36H;1-32H. The van der Waals surface area contributed by atoms with E-state index in [1.807, 2.05) is 72.8 Å². The van der Waals surface area contributed by atoms with Gasteiger partial charge in [0.25, 0.3) is 0 Å². The van der Waals surface area contributed by atoms with Crippen molar-refractivity contribution in [3.05, 3.63) is 413 Å². The first-order valence-electron chi connectivity index (χ1n) is 38.3. The minimum atomic E-state index is 0.625. The summed E-state index contributed by atoms with van der Waals surface area (Å²) in [6.45, 7) is 0. The Bertz CT molecular complexity index is 7150. The molecule has 0 unspecified atom stereocenters. The molecule has 0 fully saturated rings. The fourth-order valence-corrected chi connectivity index (χ4v) is 15.5. The van der Waals surface area contributed by atoms with Crippen LogP contribution in [0.1, 0.15) is 0 Å². The molecular formula is C106H68N8. The topological polar surface area (TPSA) is 103 Å². The molecular weight excluding hydrogens is 1390 g/mol. The zero-order valence-electron chi connectivity index (χ0n) is 61.8. The van der Waals surface area contributed by atoms with Gasteiger partial charge in [0.2, 0.25) is 0 Å². The average Bonchev–Trinajstić information content (AvgIpc) is 0.770. The van der Waals surface area contributed by atoms with Crippen LogP contribution in [0, 0.1) is 0 Å². The van der Waals surface area contributed by atoms with Gasteiger partial charge in [-0.15, -0.1) is 0 Å². The highest BCUT2D eigenvalue weighted by Crippen LogP contribution is 2.40. The number of hydrogen-bond acceptors (Lipinski definition) is 8. The fraction of sp³-hybridized carbons (Fsp3) is 0. The van der Waals surface area contributed by atoms with Gasteiger partial charge in [-0.05, 0) is 124 Å². The Labute approximate surface area is 659 Å². The second-order valence-electron chi connectivity index (χ2n) is 28.6. The van der Waals surface area contributed by atoms with Crippen molar-refractivity contribution in [1.29, 1.82) is 0 Å². The summed E-state index contributed by atoms with van der Waals surface area (Å²) in [4.78, 5) is 40.3. The van der Waals surface area contributed by atoms with Crippen LogP contribution < -0.4 is 0 Å². The van der Waals surface area contributed by atoms with Crippen molar-refractivity contribution in [2.75, 3.05) is 0 Å². The molecule has 8 heteroatoms. The maximum Gasteiger partial charge on any atom is 0.164 e. The summed E-state index contributed by atoms with van der Waals surface area (Å²) in [5, 5.41) is 12.0. The number of rotatable bonds is 13. The second kappa shape index (κ2) is 29.9. The minimum absolute atomic E-state index is 0.625. The van der Waals surface area contributed by atoms with Gasteiger partial charge >= 0.3 is 0 Å². The van der Waals surface area contributed by atoms with Crippen LogP contribution >= 0.6 is 0 Å². The van der Waals surface area contributed by atoms with Gasteiger partial charge in [-0.1, -0.05) is 376 Å². The largest absolute Gasteiger partial charge is 0.247 e. The van der Waals surface area contributed by atoms with Crippen molar-refractivity contribution in [2.45, 2.75) is 0 Å². The van der Waals surface area contributed by atoms with Crippen molar-refractivity contribution in [2.24, 2.45) is 0 Å². The highest BCUT2D eigenvalue weighted by atomic mass is 15.0. The molecule has 0 atom stereocenters. The third-order valence-electron chi connectivity index (χ3n) is 21.4. The zero-order chi connectivity index (χ0) is 75.7. The van der Waals surface area contributed by atoms with Gasteiger partial charge in [0.05, 0.1) is 22.4 Å². The highest BCUT2D eigenvalue weighted by Gasteiger charge is 2.19. The number of para-hydroxylation sites is 1. The molecule has 0 radical (unpaired) electrons. The lowest BCUT2D eigenvalue weighted by Gasteiger charge is -2.12. The van der Waals surface area contributed by atoms with Gasteiger partial charge in [-0.2, -0.15) is 0 Å². The summed E-state index contributed by atoms with van der Waals surface area (Å²) >= 11 is 0. The van der Waals surface area contributed by atoms with Gasteiger partial charge in [0.1, 0.15) is 0 Å². The maximum atomic E-state index is 5.25. The fourth-order valence-electron chi connectivity index (χ4n) is 15.5. The number of pyridine rings is 2. The molecule has 0 aliphatic carbocycles. The summed E-state index contributed by atoms with van der Waals surface area (Å²) in [6, 6.07) is 144. The molecule has 532 valence electrons. The van der Waals surface area contributed by atoms with E-state index in [1.54, 1.807) is 0 Å². The maximum absolute atomic E-state index is 5.25. The van der Waals surface area contributed by atoms with Crippen molar-refractivity contribution in [1.82, 2.24) is 39.9 Å². The normalized spacial score (nSPS) is 11.3. The average molecular weight is 1450 g/mol. The molecule has 21 aromatic rings. The Morgan fingerprint density at radius 1 is 0.132 bits per heavy atom. The van der Waals surface area contributed by atoms with Crippen molar-refractivity contribution in [3.8, 4) is 146 Å². The van der Waals surface area contributed by atoms with Crippen LogP contribution in [0.25, 0.3) is 211 Å². The van der Waals surface area contributed by atoms with E-state index >= 15 is 0 Å². The molecule has 21 rings (SSSR count). The van der Waals surface area contributed by atoms with Crippen LogP contribution in [0.4, 0.5) is 0 Å². The van der Waals surface area contributed by atoms with Crippen molar-refractivity contribution in [3.63, 3.8) is 0 Å². The predicted octanol–water partition coefficient (Wildman–Crippen LogP) is 27.1. The van der Waals surface area contributed by atoms with E-state index in [9.17, 15) is 0 Å². The van der Waals surface area contributed by atoms with Crippen molar-refractivity contribution >= 4 is 64.9 Å². The molecule has 8 nitrogen and oxygen atoms in total. The molecule has 0 spiro atoms. The third kappa shape index (κ3) is 13.6. The van der Waals surface area contributed by atoms with Crippen LogP contribution in [0.15, 0.2) is 413 Å². The lowest BCUT2D eigenvalue weighted by molar-refractivity contribution is 1.07. The zero-order valence-corrected chi connectivity index (χ0v) is 61.8. The monoisotopic (exact) mass is 1450 g/mol. The van der Waals surface area contributed by atoms with Gasteiger partial charge in [0.15, 0.2) is 34.9 Å². The first kappa shape index (κ1) is 67.9. The van der Waals surface area contributed by atoms with Crippen molar-refractivity contribution < 1.29 is 0 Å². The van der Waals surface area contributed by atoms with E-state index in [2.05, 4.69) is 340 Å². The summed E-state index contributed by atoms with van der Waals surface area (Å²) in [5.41, 5.74) is 23.1. The van der Waals surface area contributed by atoms with E-state index in [0.717, 1.165) is 128 Å². The van der Waals surface area contributed by atoms with E-state index < -0.39 is 0 Å². The third-order valence-corrected chi connectivity index (χ3v) is 21.4. The molecule has 0 saturated carbocycles. The molecule has 114 heavy (non-hydrogen) atoms. The predicted molar refractivity (Wildman–Crippen MR) is 471 cm³/mol. The van der Waals surface area contributed by atoms with Gasteiger partial charge < -0.3 is 0 Å². The molecule has 0 N–H and O–H groups in total. The Balaban J connectivity index is 0.000000149. The Kier molecular flexibility index (Phi) is 17.8. The molecule has 4 aromatic heterocycles. The number of fused-ring (bicyclic) bond motifs is 9. The van der Waals surface area contributed by atoms with Gasteiger partial charge in [0, 0.05) is 66.1 Å². The Morgan fingerprint density at radius 2 is 0.447 bits per heavy atom. The van der Waals surface area contributed by atoms with E-state index in [0.29, 0.717) is 34.9 Å². The molecule has 4 heterocycles. The molecule has 0 bridgehead atoms. The van der Waals surface area contributed by atoms with Crippen LogP contribution in [0.2, 0.25) is 0 Å². The summed E-state index contributed by atoms with van der Waals surface area (Å²) < 4.78 is 0. The first-order chi connectivity index (χ1) is 56.4. The molecule has 17 aromatic carbocycles. The van der Waals surface area contributed by atoms with Crippen LogP contribution in [0.3, 0.4) is 0 Å². The summed E-state index contributed by atoms with van der Waals surface area (Å²) in [7, 11) is 0. The Morgan fingerprint density at radius 3 is 0.930 bits per heavy atom. The van der Waals surface area contributed by atoms with Crippen LogP contribution in [0.5, 0.6) is 0 Å². The van der Waals surface area contributed by atoms with E-state index in [1.165, 1.54) is 48.8 Å². The second-order valence-corrected chi connectivity index (χ2v) is 28.6. The lowest BCUT2D eigenvalue weighted by atomic mass is 9.95. The SMILES string of the molecule is c1ccc(-c2ccc(-c3nc(-c4ccccc4)nc(-c4ccc(-c5ccc(-c6ccc(-c7nc8ccccc8c8cc9ccccc9cc78)cc6)cc5)cc4)n3)cc2)cc1.c1ccc(-c2ccc(-c3nc(-c4ccccc4)nc(-c4cccc(-c5cccc(-c6ccc7ccc8c9ccccc9ccc8c7n6)c5)c4)n3)cc2)cc1. The minimum Gasteiger partial charge on any atom is -0.247 e. The smallest absolute Gasteiger partial charge is 0.164 e. The molecule has 0 saturated heterocycles. The summed E-state index contributed by atoms with van der Waals surface area (Å²) in [6.07, 6.45) is 0. The quantitative estimate of drug-likeness (QED) is 0.0831. The lowest BCUT2D eigenvalue weighted by Crippen LogP contribution is -2.00. The Hall–Kier alpha value is -15.4. The molecule has 0 amide bonds. The molecule has 0 aliphatic rings. The van der Waals surface area contributed by atoms with Gasteiger partial charge in [-0.25, -0.2) is 39.9 Å².